The van der Waals surface area contributed by atoms with Crippen LogP contribution in [-0.4, -0.2) is 59.4 Å². The van der Waals surface area contributed by atoms with Crippen LogP contribution in [0.4, 0.5) is 0 Å². The maximum absolute atomic E-state index is 12.3. The van der Waals surface area contributed by atoms with Crippen LogP contribution < -0.4 is 5.32 Å². The Balaban J connectivity index is 0.00000243. The minimum absolute atomic E-state index is 0. The van der Waals surface area contributed by atoms with E-state index in [9.17, 15) is 4.79 Å². The monoisotopic (exact) mass is 489 g/mol. The number of hydrogen-bond acceptors (Lipinski definition) is 5. The Morgan fingerprint density at radius 1 is 1.35 bits per heavy atom. The van der Waals surface area contributed by atoms with E-state index in [0.29, 0.717) is 25.4 Å². The number of nitrogens with zero attached hydrogens (tertiary/aromatic N) is 4. The average molecular weight is 489 g/mol. The van der Waals surface area contributed by atoms with Crippen molar-refractivity contribution in [2.24, 2.45) is 4.99 Å². The van der Waals surface area contributed by atoms with Gasteiger partial charge in [0.1, 0.15) is 5.01 Å². The zero-order valence-corrected chi connectivity index (χ0v) is 18.1. The van der Waals surface area contributed by atoms with Gasteiger partial charge in [-0.3, -0.25) is 4.79 Å². The molecule has 1 aliphatic heterocycles. The van der Waals surface area contributed by atoms with Gasteiger partial charge in [0.15, 0.2) is 11.7 Å². The molecule has 0 atom stereocenters. The van der Waals surface area contributed by atoms with Crippen molar-refractivity contribution in [1.29, 1.82) is 0 Å². The number of nitrogens with one attached hydrogen (secondary N) is 1. The molecule has 1 amide bonds. The summed E-state index contributed by atoms with van der Waals surface area (Å²) in [4.78, 5) is 26.6. The summed E-state index contributed by atoms with van der Waals surface area (Å²) in [5.41, 5.74) is 0. The maximum Gasteiger partial charge on any atom is 0.289 e. The molecule has 9 heteroatoms. The van der Waals surface area contributed by atoms with Crippen molar-refractivity contribution >= 4 is 47.2 Å². The van der Waals surface area contributed by atoms with Crippen LogP contribution in [0.25, 0.3) is 0 Å². The van der Waals surface area contributed by atoms with Crippen molar-refractivity contribution in [1.82, 2.24) is 20.1 Å². The smallest absolute Gasteiger partial charge is 0.289 e. The van der Waals surface area contributed by atoms with Crippen LogP contribution in [0, 0.1) is 6.92 Å². The van der Waals surface area contributed by atoms with Crippen molar-refractivity contribution in [2.45, 2.75) is 20.4 Å². The van der Waals surface area contributed by atoms with Crippen molar-refractivity contribution < 1.29 is 9.21 Å². The van der Waals surface area contributed by atoms with Crippen molar-refractivity contribution in [3.63, 3.8) is 0 Å². The van der Waals surface area contributed by atoms with Crippen LogP contribution in [0.2, 0.25) is 0 Å². The average Bonchev–Trinajstić information content (AvgIpc) is 3.30. The van der Waals surface area contributed by atoms with E-state index >= 15 is 0 Å². The lowest BCUT2D eigenvalue weighted by Gasteiger charge is -2.36. The first kappa shape index (κ1) is 20.7. The minimum atomic E-state index is -0.0511. The third-order valence-corrected chi connectivity index (χ3v) is 4.86. The second kappa shape index (κ2) is 9.91. The molecule has 26 heavy (non-hydrogen) atoms. The number of amides is 1. The number of aromatic nitrogens is 1. The van der Waals surface area contributed by atoms with Crippen LogP contribution in [0.5, 0.6) is 0 Å². The first-order valence-corrected chi connectivity index (χ1v) is 9.26. The third kappa shape index (κ3) is 5.19. The van der Waals surface area contributed by atoms with Gasteiger partial charge in [-0.15, -0.1) is 35.3 Å². The van der Waals surface area contributed by atoms with Gasteiger partial charge in [0, 0.05) is 43.8 Å². The Labute approximate surface area is 174 Å². The van der Waals surface area contributed by atoms with Gasteiger partial charge in [0.05, 0.1) is 12.8 Å². The van der Waals surface area contributed by atoms with E-state index in [1.54, 1.807) is 23.5 Å². The normalized spacial score (nSPS) is 14.9. The summed E-state index contributed by atoms with van der Waals surface area (Å²) in [5.74, 6) is 1.22. The molecule has 0 radical (unpaired) electrons. The molecule has 0 unspecified atom stereocenters. The van der Waals surface area contributed by atoms with Gasteiger partial charge in [-0.05, 0) is 26.0 Å². The number of furan rings is 1. The van der Waals surface area contributed by atoms with E-state index in [4.69, 9.17) is 9.41 Å². The molecule has 0 aliphatic carbocycles. The summed E-state index contributed by atoms with van der Waals surface area (Å²) in [6.07, 6.45) is 3.40. The van der Waals surface area contributed by atoms with Gasteiger partial charge in [-0.1, -0.05) is 0 Å². The first-order chi connectivity index (χ1) is 12.2. The second-order valence-electron chi connectivity index (χ2n) is 5.79. The highest BCUT2D eigenvalue weighted by Crippen LogP contribution is 2.13. The predicted molar refractivity (Wildman–Crippen MR) is 113 cm³/mol. The lowest BCUT2D eigenvalue weighted by molar-refractivity contribution is 0.0657. The maximum atomic E-state index is 12.3. The fourth-order valence-electron chi connectivity index (χ4n) is 2.72. The number of thiazole rings is 1. The largest absolute Gasteiger partial charge is 0.459 e. The lowest BCUT2D eigenvalue weighted by Crippen LogP contribution is -2.53. The van der Waals surface area contributed by atoms with Gasteiger partial charge in [0.2, 0.25) is 0 Å². The predicted octanol–water partition coefficient (Wildman–Crippen LogP) is 2.59. The Morgan fingerprint density at radius 2 is 2.08 bits per heavy atom. The van der Waals surface area contributed by atoms with E-state index < -0.39 is 0 Å². The van der Waals surface area contributed by atoms with E-state index in [1.807, 2.05) is 18.0 Å². The van der Waals surface area contributed by atoms with Gasteiger partial charge in [-0.25, -0.2) is 9.98 Å². The molecule has 3 rings (SSSR count). The zero-order valence-electron chi connectivity index (χ0n) is 15.0. The summed E-state index contributed by atoms with van der Waals surface area (Å²) < 4.78 is 5.20. The first-order valence-electron chi connectivity index (χ1n) is 8.44. The fourth-order valence-corrected chi connectivity index (χ4v) is 3.43. The number of aryl methyl sites for hydroxylation is 1. The highest BCUT2D eigenvalue weighted by Gasteiger charge is 2.25. The number of aliphatic imine (C=N–C) groups is 1. The van der Waals surface area contributed by atoms with Crippen molar-refractivity contribution in [2.75, 3.05) is 32.7 Å². The summed E-state index contributed by atoms with van der Waals surface area (Å²) in [6.45, 7) is 8.28. The summed E-state index contributed by atoms with van der Waals surface area (Å²) in [6, 6.07) is 3.44. The number of guanidine groups is 1. The Hall–Kier alpha value is -1.62. The number of hydrogen-bond donors (Lipinski definition) is 1. The van der Waals surface area contributed by atoms with Gasteiger partial charge in [0.25, 0.3) is 5.91 Å². The molecule has 7 nitrogen and oxygen atoms in total. The molecule has 2 aromatic heterocycles. The molecular formula is C17H24IN5O2S. The Bertz CT molecular complexity index is 723. The van der Waals surface area contributed by atoms with Crippen molar-refractivity contribution in [3.05, 3.63) is 40.2 Å². The van der Waals surface area contributed by atoms with Crippen LogP contribution in [-0.2, 0) is 6.54 Å². The third-order valence-electron chi connectivity index (χ3n) is 3.97. The molecule has 2 aromatic rings. The Morgan fingerprint density at radius 3 is 2.65 bits per heavy atom. The van der Waals surface area contributed by atoms with E-state index in [1.165, 1.54) is 11.1 Å². The topological polar surface area (TPSA) is 74.0 Å². The molecular weight excluding hydrogens is 465 g/mol. The summed E-state index contributed by atoms with van der Waals surface area (Å²) >= 11 is 1.67. The summed E-state index contributed by atoms with van der Waals surface area (Å²) in [5, 5.41) is 4.35. The highest BCUT2D eigenvalue weighted by atomic mass is 127. The molecule has 1 fully saturated rings. The quantitative estimate of drug-likeness (QED) is 0.406. The van der Waals surface area contributed by atoms with Gasteiger partial charge >= 0.3 is 0 Å². The molecule has 0 aromatic carbocycles. The Kier molecular flexibility index (Phi) is 7.88. The number of piperazine rings is 1. The minimum Gasteiger partial charge on any atom is -0.459 e. The van der Waals surface area contributed by atoms with Crippen LogP contribution in [0.3, 0.4) is 0 Å². The zero-order chi connectivity index (χ0) is 17.6. The molecule has 1 aliphatic rings. The molecule has 142 valence electrons. The number of halogens is 1. The molecule has 0 bridgehead atoms. The number of carbonyl (C=O) groups excluding carboxylic acids is 1. The highest BCUT2D eigenvalue weighted by molar-refractivity contribution is 14.0. The van der Waals surface area contributed by atoms with E-state index in [2.05, 4.69) is 22.1 Å². The SMILES string of the molecule is CCNC(=NCc1ncc(C)s1)N1CCN(C(=O)c2ccco2)CC1.I. The van der Waals surface area contributed by atoms with Crippen molar-refractivity contribution in [3.8, 4) is 0 Å². The second-order valence-corrected chi connectivity index (χ2v) is 7.11. The molecule has 1 N–H and O–H groups in total. The van der Waals surface area contributed by atoms with Gasteiger partial charge in [-0.2, -0.15) is 0 Å². The molecule has 1 saturated heterocycles. The fraction of sp³-hybridized carbons (Fsp3) is 0.471. The lowest BCUT2D eigenvalue weighted by atomic mass is 10.3. The van der Waals surface area contributed by atoms with Gasteiger partial charge < -0.3 is 19.5 Å². The molecule has 0 saturated carbocycles. The summed E-state index contributed by atoms with van der Waals surface area (Å²) in [7, 11) is 0. The van der Waals surface area contributed by atoms with Crippen LogP contribution in [0.1, 0.15) is 27.4 Å². The number of rotatable bonds is 4. The number of carbonyl (C=O) groups is 1. The molecule has 0 spiro atoms. The van der Waals surface area contributed by atoms with E-state index in [-0.39, 0.29) is 29.9 Å². The standard InChI is InChI=1S/C17H23N5O2S.HI/c1-3-18-17(20-12-15-19-11-13(2)25-15)22-8-6-21(7-9-22)16(23)14-5-4-10-24-14;/h4-5,10-11H,3,6-9,12H2,1-2H3,(H,18,20);1H. The van der Waals surface area contributed by atoms with Crippen LogP contribution >= 0.6 is 35.3 Å². The van der Waals surface area contributed by atoms with E-state index in [0.717, 1.165) is 30.6 Å². The molecule has 3 heterocycles. The van der Waals surface area contributed by atoms with Crippen LogP contribution in [0.15, 0.2) is 34.0 Å².